The Kier molecular flexibility index (Phi) is 3.95. The number of hydrogen-bond donors (Lipinski definition) is 1. The summed E-state index contributed by atoms with van der Waals surface area (Å²) in [5.74, 6) is 1.36. The first kappa shape index (κ1) is 14.4. The Hall–Kier alpha value is -2.57. The monoisotopic (exact) mass is 298 g/mol. The zero-order valence-electron chi connectivity index (χ0n) is 12.4. The lowest BCUT2D eigenvalue weighted by atomic mass is 9.97. The van der Waals surface area contributed by atoms with Crippen LogP contribution in [0.5, 0.6) is 0 Å². The molecule has 0 unspecified atom stereocenters. The van der Waals surface area contributed by atoms with Crippen LogP contribution >= 0.6 is 0 Å². The van der Waals surface area contributed by atoms with Crippen LogP contribution in [-0.4, -0.2) is 38.9 Å². The van der Waals surface area contributed by atoms with Gasteiger partial charge in [0.2, 0.25) is 0 Å². The number of anilines is 1. The van der Waals surface area contributed by atoms with Crippen molar-refractivity contribution in [2.75, 3.05) is 18.0 Å². The minimum atomic E-state index is -0.492. The Morgan fingerprint density at radius 2 is 2.18 bits per heavy atom. The highest BCUT2D eigenvalue weighted by Crippen LogP contribution is 2.27. The summed E-state index contributed by atoms with van der Waals surface area (Å²) in [5.41, 5.74) is 6.31. The van der Waals surface area contributed by atoms with Crippen LogP contribution in [0.15, 0.2) is 24.8 Å². The molecule has 0 spiro atoms. The predicted octanol–water partition coefficient (Wildman–Crippen LogP) is 1.06. The van der Waals surface area contributed by atoms with Gasteiger partial charge in [-0.25, -0.2) is 15.0 Å². The molecule has 1 aliphatic heterocycles. The van der Waals surface area contributed by atoms with Gasteiger partial charge >= 0.3 is 0 Å². The van der Waals surface area contributed by atoms with Crippen molar-refractivity contribution in [1.29, 1.82) is 0 Å². The molecule has 1 saturated heterocycles. The van der Waals surface area contributed by atoms with Gasteiger partial charge in [-0.05, 0) is 19.8 Å². The maximum Gasteiger partial charge on any atom is 0.252 e. The van der Waals surface area contributed by atoms with Crippen molar-refractivity contribution in [2.45, 2.75) is 25.7 Å². The Balaban J connectivity index is 1.80. The minimum Gasteiger partial charge on any atom is -0.365 e. The molecule has 3 rings (SSSR count). The van der Waals surface area contributed by atoms with E-state index in [9.17, 15) is 4.79 Å². The SMILES string of the molecule is Cc1nc([C@H]2CCCN(c3cnccn3)C2)ncc1C(N)=O. The Labute approximate surface area is 128 Å². The highest BCUT2D eigenvalue weighted by atomic mass is 16.1. The number of aryl methyl sites for hydroxylation is 1. The molecule has 7 nitrogen and oxygen atoms in total. The van der Waals surface area contributed by atoms with Crippen LogP contribution in [0.1, 0.15) is 40.6 Å². The lowest BCUT2D eigenvalue weighted by Gasteiger charge is -2.32. The summed E-state index contributed by atoms with van der Waals surface area (Å²) >= 11 is 0. The van der Waals surface area contributed by atoms with E-state index in [-0.39, 0.29) is 5.92 Å². The molecule has 2 N–H and O–H groups in total. The van der Waals surface area contributed by atoms with Crippen molar-refractivity contribution < 1.29 is 4.79 Å². The van der Waals surface area contributed by atoms with E-state index in [1.165, 1.54) is 6.20 Å². The van der Waals surface area contributed by atoms with Crippen LogP contribution in [0.25, 0.3) is 0 Å². The van der Waals surface area contributed by atoms with Crippen LogP contribution in [0.2, 0.25) is 0 Å². The molecule has 0 radical (unpaired) electrons. The summed E-state index contributed by atoms with van der Waals surface area (Å²) in [5, 5.41) is 0. The second kappa shape index (κ2) is 6.05. The van der Waals surface area contributed by atoms with Crippen molar-refractivity contribution >= 4 is 11.7 Å². The quantitative estimate of drug-likeness (QED) is 0.909. The number of primary amides is 1. The molecule has 1 fully saturated rings. The summed E-state index contributed by atoms with van der Waals surface area (Å²) in [6.07, 6.45) is 8.72. The third-order valence-corrected chi connectivity index (χ3v) is 3.92. The van der Waals surface area contributed by atoms with Crippen molar-refractivity contribution in [3.05, 3.63) is 41.9 Å². The van der Waals surface area contributed by atoms with Gasteiger partial charge < -0.3 is 10.6 Å². The molecular formula is C15H18N6O. The molecule has 0 saturated carbocycles. The normalized spacial score (nSPS) is 18.2. The first-order valence-corrected chi connectivity index (χ1v) is 7.29. The topological polar surface area (TPSA) is 97.9 Å². The largest absolute Gasteiger partial charge is 0.365 e. The molecule has 22 heavy (non-hydrogen) atoms. The number of rotatable bonds is 3. The van der Waals surface area contributed by atoms with Gasteiger partial charge in [-0.15, -0.1) is 0 Å². The maximum absolute atomic E-state index is 11.3. The molecular weight excluding hydrogens is 280 g/mol. The third kappa shape index (κ3) is 2.88. The van der Waals surface area contributed by atoms with E-state index in [1.807, 2.05) is 0 Å². The number of carbonyl (C=O) groups excluding carboxylic acids is 1. The predicted molar refractivity (Wildman–Crippen MR) is 81.5 cm³/mol. The van der Waals surface area contributed by atoms with Gasteiger partial charge in [0.1, 0.15) is 11.6 Å². The number of nitrogens with zero attached hydrogens (tertiary/aromatic N) is 5. The number of nitrogens with two attached hydrogens (primary N) is 1. The Bertz CT molecular complexity index is 675. The number of aromatic nitrogens is 4. The zero-order valence-corrected chi connectivity index (χ0v) is 12.4. The Morgan fingerprint density at radius 1 is 1.32 bits per heavy atom. The average molecular weight is 298 g/mol. The van der Waals surface area contributed by atoms with Crippen molar-refractivity contribution in [2.24, 2.45) is 5.73 Å². The summed E-state index contributed by atoms with van der Waals surface area (Å²) in [7, 11) is 0. The average Bonchev–Trinajstić information content (AvgIpc) is 2.55. The first-order chi connectivity index (χ1) is 10.6. The van der Waals surface area contributed by atoms with Gasteiger partial charge in [-0.3, -0.25) is 9.78 Å². The minimum absolute atomic E-state index is 0.219. The van der Waals surface area contributed by atoms with Crippen LogP contribution in [0.4, 0.5) is 5.82 Å². The van der Waals surface area contributed by atoms with Gasteiger partial charge in [-0.2, -0.15) is 0 Å². The van der Waals surface area contributed by atoms with Crippen LogP contribution < -0.4 is 10.6 Å². The van der Waals surface area contributed by atoms with Gasteiger partial charge in [-0.1, -0.05) is 0 Å². The summed E-state index contributed by atoms with van der Waals surface area (Å²) in [6.45, 7) is 3.54. The standard InChI is InChI=1S/C15H18N6O/c1-10-12(14(16)22)7-19-15(20-10)11-3-2-6-21(9-11)13-8-17-4-5-18-13/h4-5,7-8,11H,2-3,6,9H2,1H3,(H2,16,22)/t11-/m0/s1. The molecule has 0 aliphatic carbocycles. The first-order valence-electron chi connectivity index (χ1n) is 7.29. The molecule has 3 heterocycles. The smallest absolute Gasteiger partial charge is 0.252 e. The fourth-order valence-corrected chi connectivity index (χ4v) is 2.77. The maximum atomic E-state index is 11.3. The number of hydrogen-bond acceptors (Lipinski definition) is 6. The van der Waals surface area contributed by atoms with Gasteiger partial charge in [0.25, 0.3) is 5.91 Å². The fraction of sp³-hybridized carbons (Fsp3) is 0.400. The van der Waals surface area contributed by atoms with Crippen LogP contribution in [0, 0.1) is 6.92 Å². The van der Waals surface area contributed by atoms with E-state index in [0.29, 0.717) is 11.3 Å². The molecule has 1 amide bonds. The summed E-state index contributed by atoms with van der Waals surface area (Å²) in [6, 6.07) is 0. The molecule has 1 aliphatic rings. The summed E-state index contributed by atoms with van der Waals surface area (Å²) < 4.78 is 0. The second-order valence-corrected chi connectivity index (χ2v) is 5.44. The van der Waals surface area contributed by atoms with E-state index in [4.69, 9.17) is 5.73 Å². The fourth-order valence-electron chi connectivity index (χ4n) is 2.77. The number of piperidine rings is 1. The molecule has 7 heteroatoms. The van der Waals surface area contributed by atoms with Gasteiger partial charge in [0.05, 0.1) is 17.5 Å². The van der Waals surface area contributed by atoms with Crippen molar-refractivity contribution in [3.8, 4) is 0 Å². The van der Waals surface area contributed by atoms with Gasteiger partial charge in [0, 0.05) is 37.6 Å². The van der Waals surface area contributed by atoms with E-state index in [0.717, 1.165) is 37.6 Å². The molecule has 114 valence electrons. The van der Waals surface area contributed by atoms with Crippen LogP contribution in [-0.2, 0) is 0 Å². The van der Waals surface area contributed by atoms with Crippen molar-refractivity contribution in [1.82, 2.24) is 19.9 Å². The lowest BCUT2D eigenvalue weighted by Crippen LogP contribution is -2.35. The third-order valence-electron chi connectivity index (χ3n) is 3.92. The van der Waals surface area contributed by atoms with Gasteiger partial charge in [0.15, 0.2) is 0 Å². The number of carbonyl (C=O) groups is 1. The Morgan fingerprint density at radius 3 is 2.86 bits per heavy atom. The second-order valence-electron chi connectivity index (χ2n) is 5.44. The van der Waals surface area contributed by atoms with E-state index >= 15 is 0 Å². The molecule has 0 bridgehead atoms. The molecule has 1 atom stereocenters. The highest BCUT2D eigenvalue weighted by molar-refractivity contribution is 5.93. The van der Waals surface area contributed by atoms with E-state index < -0.39 is 5.91 Å². The number of amides is 1. The summed E-state index contributed by atoms with van der Waals surface area (Å²) in [4.78, 5) is 30.7. The highest BCUT2D eigenvalue weighted by Gasteiger charge is 2.25. The van der Waals surface area contributed by atoms with E-state index in [2.05, 4.69) is 24.8 Å². The molecule has 2 aromatic rings. The molecule has 2 aromatic heterocycles. The van der Waals surface area contributed by atoms with E-state index in [1.54, 1.807) is 25.5 Å². The van der Waals surface area contributed by atoms with Crippen molar-refractivity contribution in [3.63, 3.8) is 0 Å². The lowest BCUT2D eigenvalue weighted by molar-refractivity contribution is 0.0999. The zero-order chi connectivity index (χ0) is 15.5. The molecule has 0 aromatic carbocycles. The van der Waals surface area contributed by atoms with Crippen LogP contribution in [0.3, 0.4) is 0 Å².